The molecule has 6 nitrogen and oxygen atoms in total. The average Bonchev–Trinajstić information content (AvgIpc) is 3.18. The number of anilines is 1. The number of rotatable bonds is 3. The van der Waals surface area contributed by atoms with Crippen LogP contribution in [-0.4, -0.2) is 61.0 Å². The Morgan fingerprint density at radius 1 is 1.00 bits per heavy atom. The van der Waals surface area contributed by atoms with Crippen molar-refractivity contribution in [3.63, 3.8) is 0 Å². The third-order valence-corrected chi connectivity index (χ3v) is 6.33. The number of imide groups is 1. The SMILES string of the molecule is O=C1CCC(c2ccc(N3CC(N4C[C@H]5C[C@@H]4CN5)C3)cc2)C(=O)N1. The van der Waals surface area contributed by atoms with Crippen molar-refractivity contribution in [2.75, 3.05) is 31.1 Å². The quantitative estimate of drug-likeness (QED) is 0.782. The molecule has 4 aliphatic rings. The summed E-state index contributed by atoms with van der Waals surface area (Å²) in [6.45, 7) is 4.56. The highest BCUT2D eigenvalue weighted by Gasteiger charge is 2.44. The Morgan fingerprint density at radius 3 is 2.44 bits per heavy atom. The van der Waals surface area contributed by atoms with Gasteiger partial charge in [-0.1, -0.05) is 12.1 Å². The molecule has 1 aromatic rings. The molecule has 2 bridgehead atoms. The van der Waals surface area contributed by atoms with Gasteiger partial charge in [0.05, 0.1) is 5.92 Å². The molecular formula is C19H24N4O2. The first-order chi connectivity index (χ1) is 12.2. The van der Waals surface area contributed by atoms with E-state index < -0.39 is 0 Å². The number of piperidine rings is 1. The summed E-state index contributed by atoms with van der Waals surface area (Å²) in [6.07, 6.45) is 2.36. The fraction of sp³-hybridized carbons (Fsp3) is 0.579. The number of nitrogens with zero attached hydrogens (tertiary/aromatic N) is 2. The third kappa shape index (κ3) is 2.64. The van der Waals surface area contributed by atoms with E-state index in [1.54, 1.807) is 0 Å². The topological polar surface area (TPSA) is 64.7 Å². The van der Waals surface area contributed by atoms with E-state index in [-0.39, 0.29) is 17.7 Å². The Hall–Kier alpha value is -1.92. The van der Waals surface area contributed by atoms with Crippen LogP contribution in [-0.2, 0) is 9.59 Å². The Labute approximate surface area is 147 Å². The van der Waals surface area contributed by atoms with Crippen molar-refractivity contribution in [2.45, 2.75) is 43.3 Å². The normalized spacial score (nSPS) is 32.8. The molecule has 1 aromatic carbocycles. The van der Waals surface area contributed by atoms with Crippen LogP contribution in [0.5, 0.6) is 0 Å². The van der Waals surface area contributed by atoms with Crippen LogP contribution in [0.3, 0.4) is 0 Å². The predicted octanol–water partition coefficient (Wildman–Crippen LogP) is 0.442. The second-order valence-corrected chi connectivity index (χ2v) is 7.85. The number of hydrogen-bond donors (Lipinski definition) is 2. The Balaban J connectivity index is 1.20. The van der Waals surface area contributed by atoms with E-state index in [0.29, 0.717) is 24.9 Å². The average molecular weight is 340 g/mol. The van der Waals surface area contributed by atoms with Crippen LogP contribution < -0.4 is 15.5 Å². The maximum Gasteiger partial charge on any atom is 0.234 e. The van der Waals surface area contributed by atoms with Crippen molar-refractivity contribution in [1.82, 2.24) is 15.5 Å². The van der Waals surface area contributed by atoms with Gasteiger partial charge >= 0.3 is 0 Å². The number of benzene rings is 1. The first kappa shape index (κ1) is 15.3. The molecule has 5 rings (SSSR count). The summed E-state index contributed by atoms with van der Waals surface area (Å²) >= 11 is 0. The monoisotopic (exact) mass is 340 g/mol. The van der Waals surface area contributed by atoms with E-state index in [4.69, 9.17) is 0 Å². The molecule has 132 valence electrons. The number of amides is 2. The molecule has 2 amide bonds. The number of fused-ring (bicyclic) bond motifs is 2. The van der Waals surface area contributed by atoms with E-state index in [0.717, 1.165) is 31.2 Å². The molecule has 1 unspecified atom stereocenters. The fourth-order valence-corrected chi connectivity index (χ4v) is 4.85. The Morgan fingerprint density at radius 2 is 1.80 bits per heavy atom. The van der Waals surface area contributed by atoms with E-state index in [2.05, 4.69) is 32.6 Å². The van der Waals surface area contributed by atoms with Crippen LogP contribution in [0.15, 0.2) is 24.3 Å². The first-order valence-electron chi connectivity index (χ1n) is 9.35. The standard InChI is InChI=1S/C19H24N4O2/c24-18-6-5-17(19(25)21-18)12-1-3-14(4-2-12)22-10-16(11-22)23-9-13-7-15(23)8-20-13/h1-4,13,15-17,20H,5-11H2,(H,21,24,25)/t13-,15-,17?/m1/s1. The summed E-state index contributed by atoms with van der Waals surface area (Å²) < 4.78 is 0. The van der Waals surface area contributed by atoms with E-state index in [1.165, 1.54) is 18.7 Å². The van der Waals surface area contributed by atoms with Crippen molar-refractivity contribution in [2.24, 2.45) is 0 Å². The molecule has 4 aliphatic heterocycles. The minimum absolute atomic E-state index is 0.157. The van der Waals surface area contributed by atoms with Gasteiger partial charge in [-0.15, -0.1) is 0 Å². The lowest BCUT2D eigenvalue weighted by molar-refractivity contribution is -0.134. The van der Waals surface area contributed by atoms with Gasteiger partial charge in [0.1, 0.15) is 0 Å². The van der Waals surface area contributed by atoms with Gasteiger partial charge in [-0.3, -0.25) is 19.8 Å². The highest BCUT2D eigenvalue weighted by molar-refractivity contribution is 6.00. The summed E-state index contributed by atoms with van der Waals surface area (Å²) in [5.74, 6) is -0.510. The molecule has 0 radical (unpaired) electrons. The molecule has 25 heavy (non-hydrogen) atoms. The minimum atomic E-state index is -0.191. The summed E-state index contributed by atoms with van der Waals surface area (Å²) in [7, 11) is 0. The maximum atomic E-state index is 12.0. The van der Waals surface area contributed by atoms with Gasteiger partial charge in [0.2, 0.25) is 11.8 Å². The second kappa shape index (κ2) is 5.81. The van der Waals surface area contributed by atoms with E-state index in [9.17, 15) is 9.59 Å². The number of piperazine rings is 1. The number of hydrogen-bond acceptors (Lipinski definition) is 5. The molecule has 0 spiro atoms. The fourth-order valence-electron chi connectivity index (χ4n) is 4.85. The van der Waals surface area contributed by atoms with Crippen LogP contribution in [0.25, 0.3) is 0 Å². The smallest absolute Gasteiger partial charge is 0.234 e. The van der Waals surface area contributed by atoms with Gasteiger partial charge in [-0.25, -0.2) is 0 Å². The van der Waals surface area contributed by atoms with Gasteiger partial charge in [-0.05, 0) is 30.5 Å². The zero-order valence-corrected chi connectivity index (χ0v) is 14.3. The molecule has 2 N–H and O–H groups in total. The highest BCUT2D eigenvalue weighted by atomic mass is 16.2. The van der Waals surface area contributed by atoms with Crippen molar-refractivity contribution in [1.29, 1.82) is 0 Å². The Kier molecular flexibility index (Phi) is 3.57. The lowest BCUT2D eigenvalue weighted by Gasteiger charge is -2.48. The number of carbonyl (C=O) groups is 2. The molecule has 4 heterocycles. The predicted molar refractivity (Wildman–Crippen MR) is 94.5 cm³/mol. The summed E-state index contributed by atoms with van der Waals surface area (Å²) in [5, 5.41) is 6.01. The van der Waals surface area contributed by atoms with Crippen LogP contribution in [0.1, 0.15) is 30.7 Å². The van der Waals surface area contributed by atoms with Crippen molar-refractivity contribution < 1.29 is 9.59 Å². The van der Waals surface area contributed by atoms with Crippen LogP contribution in [0, 0.1) is 0 Å². The molecule has 4 fully saturated rings. The summed E-state index contributed by atoms with van der Waals surface area (Å²) in [6, 6.07) is 10.5. The summed E-state index contributed by atoms with van der Waals surface area (Å²) in [4.78, 5) is 28.4. The molecule has 4 saturated heterocycles. The van der Waals surface area contributed by atoms with Crippen molar-refractivity contribution in [3.8, 4) is 0 Å². The largest absolute Gasteiger partial charge is 0.368 e. The maximum absolute atomic E-state index is 12.0. The molecule has 0 aromatic heterocycles. The van der Waals surface area contributed by atoms with Crippen molar-refractivity contribution in [3.05, 3.63) is 29.8 Å². The zero-order chi connectivity index (χ0) is 17.0. The van der Waals surface area contributed by atoms with Crippen molar-refractivity contribution >= 4 is 17.5 Å². The number of carbonyl (C=O) groups excluding carboxylic acids is 2. The zero-order valence-electron chi connectivity index (χ0n) is 14.3. The van der Waals surface area contributed by atoms with Gasteiger partial charge < -0.3 is 10.2 Å². The summed E-state index contributed by atoms with van der Waals surface area (Å²) in [5.41, 5.74) is 2.24. The third-order valence-electron chi connectivity index (χ3n) is 6.33. The van der Waals surface area contributed by atoms with Crippen LogP contribution >= 0.6 is 0 Å². The first-order valence-corrected chi connectivity index (χ1v) is 9.35. The van der Waals surface area contributed by atoms with Gasteiger partial charge in [-0.2, -0.15) is 0 Å². The Bertz CT molecular complexity index is 698. The molecule has 6 heteroatoms. The molecule has 0 saturated carbocycles. The number of likely N-dealkylation sites (tertiary alicyclic amines) is 1. The van der Waals surface area contributed by atoms with Crippen LogP contribution in [0.2, 0.25) is 0 Å². The lowest BCUT2D eigenvalue weighted by atomic mass is 9.90. The van der Waals surface area contributed by atoms with E-state index >= 15 is 0 Å². The van der Waals surface area contributed by atoms with E-state index in [1.807, 2.05) is 12.1 Å². The molecule has 0 aliphatic carbocycles. The van der Waals surface area contributed by atoms with Crippen LogP contribution in [0.4, 0.5) is 5.69 Å². The van der Waals surface area contributed by atoms with Gasteiger partial charge in [0.15, 0.2) is 0 Å². The number of nitrogens with one attached hydrogen (secondary N) is 2. The lowest BCUT2D eigenvalue weighted by Crippen LogP contribution is -2.63. The molecular weight excluding hydrogens is 316 g/mol. The van der Waals surface area contributed by atoms with Gasteiger partial charge in [0.25, 0.3) is 0 Å². The minimum Gasteiger partial charge on any atom is -0.368 e. The molecule has 3 atom stereocenters. The highest BCUT2D eigenvalue weighted by Crippen LogP contribution is 2.32. The van der Waals surface area contributed by atoms with Gasteiger partial charge in [0, 0.05) is 56.4 Å². The second-order valence-electron chi connectivity index (χ2n) is 7.85.